The van der Waals surface area contributed by atoms with E-state index in [1.54, 1.807) is 7.05 Å². The van der Waals surface area contributed by atoms with Gasteiger partial charge in [-0.05, 0) is 6.07 Å². The molecule has 0 aliphatic heterocycles. The number of anilines is 1. The lowest BCUT2D eigenvalue weighted by molar-refractivity contribution is -0.255. The molecule has 0 saturated carbocycles. The van der Waals surface area contributed by atoms with Crippen molar-refractivity contribution < 1.29 is 9.90 Å². The predicted octanol–water partition coefficient (Wildman–Crippen LogP) is -0.513. The number of nitrogens with one attached hydrogen (secondary N) is 1. The molecule has 0 aliphatic carbocycles. The minimum absolute atomic E-state index is 0.0804. The molecule has 0 atom stereocenters. The Morgan fingerprint density at radius 2 is 2.36 bits per heavy atom. The number of hydrogen-bond acceptors (Lipinski definition) is 4. The SMILES string of the molecule is CNc1cncc(C(=O)[O-])c1. The molecule has 4 heteroatoms. The zero-order valence-electron chi connectivity index (χ0n) is 6.00. The van der Waals surface area contributed by atoms with Crippen molar-refractivity contribution in [3.05, 3.63) is 24.0 Å². The van der Waals surface area contributed by atoms with E-state index in [2.05, 4.69) is 10.3 Å². The standard InChI is InChI=1S/C7H8N2O2/c1-8-6-2-5(7(10)11)3-9-4-6/h2-4,8H,1H3,(H,10,11)/p-1. The normalized spacial score (nSPS) is 9.18. The van der Waals surface area contributed by atoms with E-state index in [9.17, 15) is 9.90 Å². The van der Waals surface area contributed by atoms with Crippen molar-refractivity contribution in [1.29, 1.82) is 0 Å². The third kappa shape index (κ3) is 1.67. The Balaban J connectivity index is 3.01. The van der Waals surface area contributed by atoms with Crippen molar-refractivity contribution in [2.24, 2.45) is 0 Å². The number of carbonyl (C=O) groups is 1. The van der Waals surface area contributed by atoms with Crippen molar-refractivity contribution in [1.82, 2.24) is 4.98 Å². The summed E-state index contributed by atoms with van der Waals surface area (Å²) < 4.78 is 0. The largest absolute Gasteiger partial charge is 0.545 e. The Kier molecular flexibility index (Phi) is 2.06. The highest BCUT2D eigenvalue weighted by Gasteiger charge is 1.94. The van der Waals surface area contributed by atoms with Crippen LogP contribution in [0, 0.1) is 0 Å². The minimum Gasteiger partial charge on any atom is -0.545 e. The summed E-state index contributed by atoms with van der Waals surface area (Å²) in [5.41, 5.74) is 0.739. The van der Waals surface area contributed by atoms with Crippen LogP contribution in [0.2, 0.25) is 0 Å². The fourth-order valence-corrected chi connectivity index (χ4v) is 0.688. The van der Waals surface area contributed by atoms with Crippen LogP contribution in [0.15, 0.2) is 18.5 Å². The fourth-order valence-electron chi connectivity index (χ4n) is 0.688. The first-order chi connectivity index (χ1) is 5.24. The molecule has 0 unspecified atom stereocenters. The first-order valence-electron chi connectivity index (χ1n) is 3.08. The molecule has 0 saturated heterocycles. The maximum atomic E-state index is 10.3. The molecule has 4 nitrogen and oxygen atoms in total. The molecule has 1 N–H and O–H groups in total. The number of aromatic carboxylic acids is 1. The molecule has 58 valence electrons. The van der Waals surface area contributed by atoms with Crippen molar-refractivity contribution >= 4 is 11.7 Å². The molecule has 11 heavy (non-hydrogen) atoms. The number of hydrogen-bond donors (Lipinski definition) is 1. The summed E-state index contributed by atoms with van der Waals surface area (Å²) in [6, 6.07) is 1.46. The number of carboxylic acid groups (broad SMARTS) is 1. The number of aromatic nitrogens is 1. The Hall–Kier alpha value is -1.58. The van der Waals surface area contributed by atoms with E-state index in [4.69, 9.17) is 0 Å². The third-order valence-electron chi connectivity index (χ3n) is 1.26. The molecule has 1 aromatic heterocycles. The highest BCUT2D eigenvalue weighted by molar-refractivity contribution is 5.86. The van der Waals surface area contributed by atoms with Gasteiger partial charge in [-0.1, -0.05) is 0 Å². The molecule has 0 fully saturated rings. The molecule has 0 aliphatic rings. The van der Waals surface area contributed by atoms with E-state index in [-0.39, 0.29) is 5.56 Å². The van der Waals surface area contributed by atoms with E-state index in [0.717, 1.165) is 0 Å². The average Bonchev–Trinajstić information content (AvgIpc) is 2.05. The average molecular weight is 151 g/mol. The predicted molar refractivity (Wildman–Crippen MR) is 38.1 cm³/mol. The molecular formula is C7H7N2O2-. The van der Waals surface area contributed by atoms with Gasteiger partial charge in [-0.3, -0.25) is 4.98 Å². The van der Waals surface area contributed by atoms with Gasteiger partial charge in [0.2, 0.25) is 0 Å². The van der Waals surface area contributed by atoms with Gasteiger partial charge in [0.25, 0.3) is 0 Å². The van der Waals surface area contributed by atoms with Crippen LogP contribution in [-0.2, 0) is 0 Å². The van der Waals surface area contributed by atoms with Gasteiger partial charge in [0.1, 0.15) is 0 Å². The molecule has 0 aromatic carbocycles. The maximum absolute atomic E-state index is 10.3. The highest BCUT2D eigenvalue weighted by Crippen LogP contribution is 2.05. The Bertz CT molecular complexity index is 273. The van der Waals surface area contributed by atoms with Crippen molar-refractivity contribution in [3.8, 4) is 0 Å². The van der Waals surface area contributed by atoms with Gasteiger partial charge < -0.3 is 15.2 Å². The molecule has 1 heterocycles. The summed E-state index contributed by atoms with van der Waals surface area (Å²) in [5, 5.41) is 13.1. The first-order valence-corrected chi connectivity index (χ1v) is 3.08. The zero-order valence-corrected chi connectivity index (χ0v) is 6.00. The van der Waals surface area contributed by atoms with Gasteiger partial charge in [-0.25, -0.2) is 0 Å². The van der Waals surface area contributed by atoms with Gasteiger partial charge in [0, 0.05) is 25.0 Å². The van der Waals surface area contributed by atoms with E-state index in [1.165, 1.54) is 18.5 Å². The van der Waals surface area contributed by atoms with Crippen LogP contribution >= 0.6 is 0 Å². The van der Waals surface area contributed by atoms with E-state index in [1.807, 2.05) is 0 Å². The number of pyridine rings is 1. The number of nitrogens with zero attached hydrogens (tertiary/aromatic N) is 1. The lowest BCUT2D eigenvalue weighted by Gasteiger charge is -2.03. The summed E-state index contributed by atoms with van der Waals surface area (Å²) >= 11 is 0. The smallest absolute Gasteiger partial charge is 0.0731 e. The van der Waals surface area contributed by atoms with Crippen LogP contribution in [0.25, 0.3) is 0 Å². The van der Waals surface area contributed by atoms with E-state index < -0.39 is 5.97 Å². The monoisotopic (exact) mass is 151 g/mol. The maximum Gasteiger partial charge on any atom is 0.0731 e. The van der Waals surface area contributed by atoms with Crippen molar-refractivity contribution in [3.63, 3.8) is 0 Å². The van der Waals surface area contributed by atoms with Gasteiger partial charge in [0.15, 0.2) is 0 Å². The van der Waals surface area contributed by atoms with Gasteiger partial charge >= 0.3 is 0 Å². The van der Waals surface area contributed by atoms with Crippen LogP contribution in [0.5, 0.6) is 0 Å². The lowest BCUT2D eigenvalue weighted by Crippen LogP contribution is -2.22. The van der Waals surface area contributed by atoms with Crippen LogP contribution in [0.1, 0.15) is 10.4 Å². The minimum atomic E-state index is -1.21. The second-order valence-electron chi connectivity index (χ2n) is 2.00. The highest BCUT2D eigenvalue weighted by atomic mass is 16.4. The van der Waals surface area contributed by atoms with Crippen LogP contribution in [-0.4, -0.2) is 18.0 Å². The Morgan fingerprint density at radius 1 is 1.64 bits per heavy atom. The third-order valence-corrected chi connectivity index (χ3v) is 1.26. The Morgan fingerprint density at radius 3 is 2.91 bits per heavy atom. The van der Waals surface area contributed by atoms with Gasteiger partial charge in [-0.2, -0.15) is 0 Å². The van der Waals surface area contributed by atoms with Gasteiger partial charge in [0.05, 0.1) is 11.7 Å². The molecule has 0 spiro atoms. The first kappa shape index (κ1) is 7.53. The molecule has 1 rings (SSSR count). The van der Waals surface area contributed by atoms with E-state index in [0.29, 0.717) is 5.69 Å². The topological polar surface area (TPSA) is 65.0 Å². The summed E-state index contributed by atoms with van der Waals surface area (Å²) in [4.78, 5) is 14.0. The van der Waals surface area contributed by atoms with Crippen molar-refractivity contribution in [2.45, 2.75) is 0 Å². The molecule has 0 amide bonds. The summed E-state index contributed by atoms with van der Waals surface area (Å²) in [6.45, 7) is 0. The fraction of sp³-hybridized carbons (Fsp3) is 0.143. The van der Waals surface area contributed by atoms with E-state index >= 15 is 0 Å². The number of carbonyl (C=O) groups excluding carboxylic acids is 1. The van der Waals surface area contributed by atoms with Crippen LogP contribution in [0.4, 0.5) is 5.69 Å². The molecule has 1 aromatic rings. The lowest BCUT2D eigenvalue weighted by atomic mass is 10.3. The van der Waals surface area contributed by atoms with Crippen LogP contribution < -0.4 is 10.4 Å². The molecule has 0 radical (unpaired) electrons. The second-order valence-corrected chi connectivity index (χ2v) is 2.00. The van der Waals surface area contributed by atoms with Gasteiger partial charge in [-0.15, -0.1) is 0 Å². The number of rotatable bonds is 2. The quantitative estimate of drug-likeness (QED) is 0.618. The summed E-state index contributed by atoms with van der Waals surface area (Å²) in [5.74, 6) is -1.21. The molecule has 0 bridgehead atoms. The van der Waals surface area contributed by atoms with Crippen LogP contribution in [0.3, 0.4) is 0 Å². The second kappa shape index (κ2) is 3.01. The van der Waals surface area contributed by atoms with Crippen molar-refractivity contribution in [2.75, 3.05) is 12.4 Å². The summed E-state index contributed by atoms with van der Waals surface area (Å²) in [7, 11) is 1.69. The summed E-state index contributed by atoms with van der Waals surface area (Å²) in [6.07, 6.45) is 2.78. The molecular weight excluding hydrogens is 144 g/mol. The Labute approximate surface area is 63.9 Å². The zero-order chi connectivity index (χ0) is 8.27. The number of carboxylic acids is 1.